The molecule has 0 atom stereocenters. The minimum Gasteiger partial charge on any atom is -0.406 e. The van der Waals surface area contributed by atoms with Crippen molar-refractivity contribution in [3.63, 3.8) is 0 Å². The first kappa shape index (κ1) is 16.8. The zero-order chi connectivity index (χ0) is 14.6. The second-order valence-electron chi connectivity index (χ2n) is 7.59. The maximum absolute atomic E-state index is 6.13. The lowest BCUT2D eigenvalue weighted by molar-refractivity contribution is 0.195. The van der Waals surface area contributed by atoms with Gasteiger partial charge in [-0.05, 0) is 37.4 Å². The predicted molar refractivity (Wildman–Crippen MR) is 86.7 cm³/mol. The molecule has 0 saturated heterocycles. The molecule has 110 valence electrons. The van der Waals surface area contributed by atoms with Gasteiger partial charge in [0.15, 0.2) is 8.32 Å². The van der Waals surface area contributed by atoms with Crippen molar-refractivity contribution in [3.8, 4) is 11.8 Å². The van der Waals surface area contributed by atoms with Crippen molar-refractivity contribution in [1.29, 1.82) is 0 Å². The van der Waals surface area contributed by atoms with Crippen molar-refractivity contribution in [3.05, 3.63) is 0 Å². The van der Waals surface area contributed by atoms with Crippen molar-refractivity contribution < 1.29 is 4.43 Å². The average Bonchev–Trinajstić information content (AvgIpc) is 2.24. The molecule has 0 N–H and O–H groups in total. The number of hydrogen-bond acceptors (Lipinski definition) is 1. The van der Waals surface area contributed by atoms with Crippen LogP contribution < -0.4 is 0 Å². The lowest BCUT2D eigenvalue weighted by atomic mass is 9.66. The summed E-state index contributed by atoms with van der Waals surface area (Å²) in [5.41, 5.74) is 0.354. The Kier molecular flexibility index (Phi) is 5.71. The Morgan fingerprint density at radius 2 is 1.84 bits per heavy atom. The Balaban J connectivity index is 2.46. The van der Waals surface area contributed by atoms with Crippen molar-refractivity contribution >= 4 is 8.32 Å². The molecular formula is C17H32OSi. The molecule has 0 unspecified atom stereocenters. The zero-order valence-corrected chi connectivity index (χ0v) is 14.9. The second-order valence-corrected chi connectivity index (χ2v) is 12.4. The van der Waals surface area contributed by atoms with Gasteiger partial charge < -0.3 is 4.43 Å². The molecule has 0 spiro atoms. The topological polar surface area (TPSA) is 9.23 Å². The van der Waals surface area contributed by atoms with Crippen molar-refractivity contribution in [2.45, 2.75) is 84.4 Å². The fourth-order valence-electron chi connectivity index (χ4n) is 2.21. The normalized spacial score (nSPS) is 18.4. The Morgan fingerprint density at radius 1 is 1.21 bits per heavy atom. The minimum atomic E-state index is -1.62. The van der Waals surface area contributed by atoms with E-state index in [0.717, 1.165) is 0 Å². The van der Waals surface area contributed by atoms with E-state index in [2.05, 4.69) is 52.6 Å². The van der Waals surface area contributed by atoms with Gasteiger partial charge in [0, 0.05) is 5.41 Å². The zero-order valence-electron chi connectivity index (χ0n) is 13.9. The van der Waals surface area contributed by atoms with Crippen molar-refractivity contribution in [1.82, 2.24) is 0 Å². The summed E-state index contributed by atoms with van der Waals surface area (Å²) in [5.74, 6) is 6.87. The summed E-state index contributed by atoms with van der Waals surface area (Å²) in [5, 5.41) is 0.283. The number of rotatable bonds is 5. The van der Waals surface area contributed by atoms with Gasteiger partial charge in [-0.15, -0.1) is 0 Å². The summed E-state index contributed by atoms with van der Waals surface area (Å²) in [7, 11) is -1.62. The Hall–Kier alpha value is -0.263. The van der Waals surface area contributed by atoms with Gasteiger partial charge >= 0.3 is 0 Å². The van der Waals surface area contributed by atoms with Gasteiger partial charge in [0.25, 0.3) is 0 Å². The van der Waals surface area contributed by atoms with Crippen LogP contribution in [0.4, 0.5) is 0 Å². The van der Waals surface area contributed by atoms with Gasteiger partial charge in [-0.25, -0.2) is 0 Å². The van der Waals surface area contributed by atoms with E-state index in [1.54, 1.807) is 0 Å². The van der Waals surface area contributed by atoms with Crippen LogP contribution in [-0.2, 0) is 4.43 Å². The van der Waals surface area contributed by atoms with Gasteiger partial charge in [-0.2, -0.15) is 0 Å². The van der Waals surface area contributed by atoms with E-state index < -0.39 is 8.32 Å². The van der Waals surface area contributed by atoms with Crippen LogP contribution in [0.1, 0.15) is 66.2 Å². The molecular weight excluding hydrogens is 248 g/mol. The van der Waals surface area contributed by atoms with Gasteiger partial charge in [0.05, 0.1) is 6.61 Å². The summed E-state index contributed by atoms with van der Waals surface area (Å²) < 4.78 is 6.13. The predicted octanol–water partition coefficient (Wildman–Crippen LogP) is 5.37. The highest BCUT2D eigenvalue weighted by Crippen LogP contribution is 2.44. The molecule has 0 aromatic rings. The van der Waals surface area contributed by atoms with Crippen LogP contribution in [0.3, 0.4) is 0 Å². The first-order chi connectivity index (χ1) is 8.72. The Labute approximate surface area is 121 Å². The van der Waals surface area contributed by atoms with Crippen molar-refractivity contribution in [2.75, 3.05) is 6.61 Å². The average molecular weight is 281 g/mol. The lowest BCUT2D eigenvalue weighted by Crippen LogP contribution is -2.40. The molecule has 19 heavy (non-hydrogen) atoms. The van der Waals surface area contributed by atoms with Gasteiger partial charge in [-0.3, -0.25) is 0 Å². The molecule has 0 amide bonds. The highest BCUT2D eigenvalue weighted by atomic mass is 28.4. The van der Waals surface area contributed by atoms with Gasteiger partial charge in [0.2, 0.25) is 0 Å². The molecule has 0 heterocycles. The van der Waals surface area contributed by atoms with E-state index in [1.807, 2.05) is 0 Å². The van der Waals surface area contributed by atoms with E-state index in [1.165, 1.54) is 38.5 Å². The van der Waals surface area contributed by atoms with Crippen molar-refractivity contribution in [2.24, 2.45) is 5.41 Å². The monoisotopic (exact) mass is 280 g/mol. The molecule has 1 saturated carbocycles. The molecule has 0 aromatic carbocycles. The second kappa shape index (κ2) is 6.46. The molecule has 1 aliphatic carbocycles. The van der Waals surface area contributed by atoms with E-state index in [-0.39, 0.29) is 5.04 Å². The Morgan fingerprint density at radius 3 is 2.26 bits per heavy atom. The summed E-state index contributed by atoms with van der Waals surface area (Å²) >= 11 is 0. The third kappa shape index (κ3) is 4.65. The fourth-order valence-corrected chi connectivity index (χ4v) is 3.08. The largest absolute Gasteiger partial charge is 0.406 e. The molecule has 1 fully saturated rings. The SMILES string of the molecule is CCCCC1(C#CCO[Si](C)(C)C(C)(C)C)CCC1. The molecule has 1 nitrogen and oxygen atoms in total. The molecule has 0 radical (unpaired) electrons. The highest BCUT2D eigenvalue weighted by Gasteiger charge is 2.37. The molecule has 0 bridgehead atoms. The van der Waals surface area contributed by atoms with Crippen LogP contribution in [0.25, 0.3) is 0 Å². The molecule has 0 aliphatic heterocycles. The first-order valence-corrected chi connectivity index (χ1v) is 10.8. The van der Waals surface area contributed by atoms with E-state index in [0.29, 0.717) is 12.0 Å². The van der Waals surface area contributed by atoms with Gasteiger partial charge in [0.1, 0.15) is 0 Å². The summed E-state index contributed by atoms with van der Waals surface area (Å²) in [6.45, 7) is 14.3. The molecule has 2 heteroatoms. The summed E-state index contributed by atoms with van der Waals surface area (Å²) in [4.78, 5) is 0. The van der Waals surface area contributed by atoms with Crippen LogP contribution in [-0.4, -0.2) is 14.9 Å². The number of hydrogen-bond donors (Lipinski definition) is 0. The van der Waals surface area contributed by atoms with E-state index in [4.69, 9.17) is 4.43 Å². The minimum absolute atomic E-state index is 0.283. The molecule has 0 aromatic heterocycles. The maximum Gasteiger partial charge on any atom is 0.193 e. The number of unbranched alkanes of at least 4 members (excludes halogenated alkanes) is 1. The fraction of sp³-hybridized carbons (Fsp3) is 0.882. The van der Waals surface area contributed by atoms with Crippen LogP contribution >= 0.6 is 0 Å². The third-order valence-corrected chi connectivity index (χ3v) is 9.46. The van der Waals surface area contributed by atoms with Crippen LogP contribution in [0.5, 0.6) is 0 Å². The molecule has 1 aliphatic rings. The quantitative estimate of drug-likeness (QED) is 0.486. The smallest absolute Gasteiger partial charge is 0.193 e. The van der Waals surface area contributed by atoms with Crippen LogP contribution in [0.15, 0.2) is 0 Å². The maximum atomic E-state index is 6.13. The highest BCUT2D eigenvalue weighted by molar-refractivity contribution is 6.74. The third-order valence-electron chi connectivity index (χ3n) is 4.98. The molecule has 1 rings (SSSR count). The standard InChI is InChI=1S/C17H32OSi/c1-7-8-11-17(12-9-13-17)14-10-15-18-19(5,6)16(2,3)4/h7-9,11-13,15H2,1-6H3. The van der Waals surface area contributed by atoms with E-state index in [9.17, 15) is 0 Å². The summed E-state index contributed by atoms with van der Waals surface area (Å²) in [6, 6.07) is 0. The Bertz CT molecular complexity index is 336. The van der Waals surface area contributed by atoms with E-state index >= 15 is 0 Å². The van der Waals surface area contributed by atoms with Crippen LogP contribution in [0, 0.1) is 17.3 Å². The lowest BCUT2D eigenvalue weighted by Gasteiger charge is -2.37. The first-order valence-electron chi connectivity index (χ1n) is 7.86. The van der Waals surface area contributed by atoms with Crippen LogP contribution in [0.2, 0.25) is 18.1 Å². The summed E-state index contributed by atoms with van der Waals surface area (Å²) in [6.07, 6.45) is 7.86. The van der Waals surface area contributed by atoms with Gasteiger partial charge in [-0.1, -0.05) is 58.8 Å².